The number of hydrogen-bond acceptors (Lipinski definition) is 5. The van der Waals surface area contributed by atoms with Crippen LogP contribution in [-0.2, 0) is 4.79 Å². The van der Waals surface area contributed by atoms with Gasteiger partial charge in [0.25, 0.3) is 6.47 Å². The van der Waals surface area contributed by atoms with Gasteiger partial charge in [-0.25, -0.2) is 0 Å². The van der Waals surface area contributed by atoms with E-state index >= 15 is 0 Å². The zero-order chi connectivity index (χ0) is 13.4. The molecule has 0 bridgehead atoms. The molecule has 0 aromatic heterocycles. The summed E-state index contributed by atoms with van der Waals surface area (Å²) in [6, 6.07) is 1.63. The average molecular weight is 292 g/mol. The molecule has 0 saturated carbocycles. The van der Waals surface area contributed by atoms with Crippen LogP contribution in [0, 0.1) is 0 Å². The summed E-state index contributed by atoms with van der Waals surface area (Å²) in [6.45, 7) is 2.35. The molecule has 2 rings (SSSR count). The molecule has 0 aromatic carbocycles. The van der Waals surface area contributed by atoms with Gasteiger partial charge in [-0.2, -0.15) is 23.5 Å². The molecule has 0 radical (unpaired) electrons. The summed E-state index contributed by atoms with van der Waals surface area (Å²) in [5, 5.41) is 6.89. The van der Waals surface area contributed by atoms with Crippen LogP contribution in [0.2, 0.25) is 0 Å². The van der Waals surface area contributed by atoms with Crippen LogP contribution < -0.4 is 0 Å². The number of carboxylic acid groups (broad SMARTS) is 1. The quantitative estimate of drug-likeness (QED) is 0.771. The van der Waals surface area contributed by atoms with Crippen LogP contribution in [0.15, 0.2) is 0 Å². The Balaban J connectivity index is 0.000000492. The summed E-state index contributed by atoms with van der Waals surface area (Å²) < 4.78 is 0. The van der Waals surface area contributed by atoms with E-state index in [1.807, 2.05) is 0 Å². The largest absolute Gasteiger partial charge is 0.483 e. The molecule has 18 heavy (non-hydrogen) atoms. The van der Waals surface area contributed by atoms with Gasteiger partial charge in [0, 0.05) is 48.2 Å². The van der Waals surface area contributed by atoms with E-state index in [0.717, 1.165) is 12.1 Å². The number of rotatable bonds is 2. The molecular formula is C12H24N2O2S2. The highest BCUT2D eigenvalue weighted by Gasteiger charge is 2.29. The minimum atomic E-state index is -0.250. The number of thioether (sulfide) groups is 2. The molecule has 0 aromatic rings. The van der Waals surface area contributed by atoms with Crippen LogP contribution in [0.25, 0.3) is 0 Å². The highest BCUT2D eigenvalue weighted by atomic mass is 32.2. The zero-order valence-electron chi connectivity index (χ0n) is 11.2. The summed E-state index contributed by atoms with van der Waals surface area (Å²) in [7, 11) is 4.43. The monoisotopic (exact) mass is 292 g/mol. The van der Waals surface area contributed by atoms with Crippen LogP contribution in [-0.4, -0.2) is 83.7 Å². The molecule has 2 aliphatic rings. The van der Waals surface area contributed by atoms with Crippen LogP contribution in [0.4, 0.5) is 0 Å². The summed E-state index contributed by atoms with van der Waals surface area (Å²) in [5.41, 5.74) is 0. The molecule has 1 N–H and O–H groups in total. The maximum absolute atomic E-state index is 8.36. The molecule has 0 spiro atoms. The lowest BCUT2D eigenvalue weighted by Gasteiger charge is -2.27. The normalized spacial score (nSPS) is 26.5. The standard InChI is InChI=1S/C11H22N2S2.CH2O2/c1-12(2)10-3-4-13(7-10)11-8-14-5-6-15-9-11;2-1-3/h10-11H,3-9H2,1-2H3;1H,(H,2,3). The Morgan fingerprint density at radius 3 is 2.28 bits per heavy atom. The predicted octanol–water partition coefficient (Wildman–Crippen LogP) is 1.17. The van der Waals surface area contributed by atoms with Gasteiger partial charge in [-0.1, -0.05) is 0 Å². The van der Waals surface area contributed by atoms with Crippen LogP contribution in [0.3, 0.4) is 0 Å². The van der Waals surface area contributed by atoms with E-state index in [9.17, 15) is 0 Å². The lowest BCUT2D eigenvalue weighted by molar-refractivity contribution is -0.122. The smallest absolute Gasteiger partial charge is 0.290 e. The molecule has 2 saturated heterocycles. The van der Waals surface area contributed by atoms with Crippen LogP contribution in [0.1, 0.15) is 6.42 Å². The van der Waals surface area contributed by atoms with Gasteiger partial charge in [-0.05, 0) is 20.5 Å². The highest BCUT2D eigenvalue weighted by Crippen LogP contribution is 2.24. The second kappa shape index (κ2) is 9.07. The molecule has 1 atom stereocenters. The van der Waals surface area contributed by atoms with E-state index in [2.05, 4.69) is 47.4 Å². The SMILES string of the molecule is CN(C)C1CCN(C2CSCCSC2)C1.O=CO. The minimum absolute atomic E-state index is 0.250. The van der Waals surface area contributed by atoms with Gasteiger partial charge in [0.2, 0.25) is 0 Å². The van der Waals surface area contributed by atoms with Crippen molar-refractivity contribution in [2.75, 3.05) is 50.2 Å². The van der Waals surface area contributed by atoms with Crippen molar-refractivity contribution < 1.29 is 9.90 Å². The minimum Gasteiger partial charge on any atom is -0.483 e. The predicted molar refractivity (Wildman–Crippen MR) is 80.8 cm³/mol. The first-order chi connectivity index (χ1) is 8.69. The van der Waals surface area contributed by atoms with Crippen molar-refractivity contribution in [1.29, 1.82) is 0 Å². The number of likely N-dealkylation sites (N-methyl/N-ethyl adjacent to an activating group) is 1. The maximum Gasteiger partial charge on any atom is 0.290 e. The summed E-state index contributed by atoms with van der Waals surface area (Å²) in [6.07, 6.45) is 1.36. The Hall–Kier alpha value is 0.0900. The van der Waals surface area contributed by atoms with Gasteiger partial charge in [-0.15, -0.1) is 0 Å². The summed E-state index contributed by atoms with van der Waals surface area (Å²) >= 11 is 4.29. The van der Waals surface area contributed by atoms with Crippen molar-refractivity contribution in [3.8, 4) is 0 Å². The Morgan fingerprint density at radius 1 is 1.28 bits per heavy atom. The van der Waals surface area contributed by atoms with E-state index in [1.165, 1.54) is 42.5 Å². The number of hydrogen-bond donors (Lipinski definition) is 1. The van der Waals surface area contributed by atoms with Crippen molar-refractivity contribution >= 4 is 30.0 Å². The first-order valence-corrected chi connectivity index (χ1v) is 8.63. The van der Waals surface area contributed by atoms with Crippen LogP contribution >= 0.6 is 23.5 Å². The number of nitrogens with zero attached hydrogens (tertiary/aromatic N) is 2. The van der Waals surface area contributed by atoms with E-state index in [4.69, 9.17) is 9.90 Å². The van der Waals surface area contributed by atoms with Crippen LogP contribution in [0.5, 0.6) is 0 Å². The van der Waals surface area contributed by atoms with E-state index in [-0.39, 0.29) is 6.47 Å². The third-order valence-corrected chi connectivity index (χ3v) is 5.92. The molecule has 106 valence electrons. The molecule has 0 amide bonds. The van der Waals surface area contributed by atoms with Gasteiger partial charge < -0.3 is 10.0 Å². The molecule has 2 aliphatic heterocycles. The Bertz CT molecular complexity index is 234. The maximum atomic E-state index is 8.36. The summed E-state index contributed by atoms with van der Waals surface area (Å²) in [5.74, 6) is 5.42. The van der Waals surface area contributed by atoms with Crippen molar-refractivity contribution in [2.24, 2.45) is 0 Å². The van der Waals surface area contributed by atoms with Crippen molar-refractivity contribution in [3.63, 3.8) is 0 Å². The molecule has 6 heteroatoms. The molecule has 2 heterocycles. The summed E-state index contributed by atoms with van der Waals surface area (Å²) in [4.78, 5) is 13.5. The molecule has 4 nitrogen and oxygen atoms in total. The fourth-order valence-corrected chi connectivity index (χ4v) is 4.96. The Morgan fingerprint density at radius 2 is 1.83 bits per heavy atom. The number of carbonyl (C=O) groups is 1. The van der Waals surface area contributed by atoms with Crippen molar-refractivity contribution in [1.82, 2.24) is 9.80 Å². The van der Waals surface area contributed by atoms with Gasteiger partial charge in [-0.3, -0.25) is 9.69 Å². The molecule has 1 unspecified atom stereocenters. The highest BCUT2D eigenvalue weighted by molar-refractivity contribution is 8.03. The zero-order valence-corrected chi connectivity index (χ0v) is 12.9. The second-order valence-corrected chi connectivity index (χ2v) is 7.11. The molecule has 2 fully saturated rings. The van der Waals surface area contributed by atoms with E-state index in [0.29, 0.717) is 0 Å². The third-order valence-electron chi connectivity index (χ3n) is 3.43. The van der Waals surface area contributed by atoms with Gasteiger partial charge in [0.1, 0.15) is 0 Å². The first-order valence-electron chi connectivity index (χ1n) is 6.32. The topological polar surface area (TPSA) is 43.8 Å². The Kier molecular flexibility index (Phi) is 8.13. The lowest BCUT2D eigenvalue weighted by Crippen LogP contribution is -2.39. The van der Waals surface area contributed by atoms with Gasteiger partial charge in [0.05, 0.1) is 0 Å². The van der Waals surface area contributed by atoms with Gasteiger partial charge in [0.15, 0.2) is 0 Å². The fraction of sp³-hybridized carbons (Fsp3) is 0.917. The third kappa shape index (κ3) is 5.38. The lowest BCUT2D eigenvalue weighted by atomic mass is 10.2. The number of likely N-dealkylation sites (tertiary alicyclic amines) is 1. The first kappa shape index (κ1) is 16.1. The Labute approximate surface area is 118 Å². The molecular weight excluding hydrogens is 268 g/mol. The van der Waals surface area contributed by atoms with Crippen molar-refractivity contribution in [3.05, 3.63) is 0 Å². The van der Waals surface area contributed by atoms with Gasteiger partial charge >= 0.3 is 0 Å². The van der Waals surface area contributed by atoms with E-state index in [1.54, 1.807) is 0 Å². The average Bonchev–Trinajstić information content (AvgIpc) is 2.67. The molecule has 0 aliphatic carbocycles. The van der Waals surface area contributed by atoms with E-state index < -0.39 is 0 Å². The van der Waals surface area contributed by atoms with Crippen molar-refractivity contribution in [2.45, 2.75) is 18.5 Å². The fourth-order valence-electron chi connectivity index (χ4n) is 2.34. The second-order valence-electron chi connectivity index (χ2n) is 4.81.